The fraction of sp³-hybridized carbons (Fsp3) is 0.136. The summed E-state index contributed by atoms with van der Waals surface area (Å²) in [5.74, 6) is -0.274. The van der Waals surface area contributed by atoms with Crippen LogP contribution in [0.5, 0.6) is 0 Å². The second-order valence-corrected chi connectivity index (χ2v) is 7.71. The first-order valence-electron chi connectivity index (χ1n) is 8.32. The molecule has 3 rings (SSSR count). The quantitative estimate of drug-likeness (QED) is 0.463. The van der Waals surface area contributed by atoms with Crippen molar-refractivity contribution >= 4 is 16.9 Å². The zero-order chi connectivity index (χ0) is 17.6. The Morgan fingerprint density at radius 3 is 2.12 bits per heavy atom. The van der Waals surface area contributed by atoms with Crippen LogP contribution in [0.1, 0.15) is 22.8 Å². The molecule has 3 aromatic carbocycles. The molecule has 0 radical (unpaired) electrons. The van der Waals surface area contributed by atoms with Crippen LogP contribution in [-0.2, 0) is 15.6 Å². The Morgan fingerprint density at radius 2 is 1.48 bits per heavy atom. The van der Waals surface area contributed by atoms with Gasteiger partial charge in [-0.25, -0.2) is 4.79 Å². The lowest BCUT2D eigenvalue weighted by Gasteiger charge is -2.09. The van der Waals surface area contributed by atoms with E-state index in [1.54, 1.807) is 0 Å². The molecular formula is C22H21O2S+. The van der Waals surface area contributed by atoms with Crippen molar-refractivity contribution < 1.29 is 9.53 Å². The molecule has 0 saturated heterocycles. The van der Waals surface area contributed by atoms with Crippen LogP contribution in [0.25, 0.3) is 0 Å². The van der Waals surface area contributed by atoms with Crippen LogP contribution in [0.4, 0.5) is 0 Å². The molecule has 1 atom stereocenters. The average molecular weight is 349 g/mol. The lowest BCUT2D eigenvalue weighted by atomic mass is 10.2. The summed E-state index contributed by atoms with van der Waals surface area (Å²) < 4.78 is 5.08. The Kier molecular flexibility index (Phi) is 5.56. The lowest BCUT2D eigenvalue weighted by Crippen LogP contribution is -2.07. The van der Waals surface area contributed by atoms with Crippen LogP contribution in [0.2, 0.25) is 0 Å². The predicted molar refractivity (Wildman–Crippen MR) is 102 cm³/mol. The van der Waals surface area contributed by atoms with Crippen LogP contribution in [0, 0.1) is 6.92 Å². The van der Waals surface area contributed by atoms with E-state index in [1.165, 1.54) is 20.2 Å². The van der Waals surface area contributed by atoms with Crippen molar-refractivity contribution in [3.63, 3.8) is 0 Å². The first-order chi connectivity index (χ1) is 12.2. The molecular weight excluding hydrogens is 328 g/mol. The van der Waals surface area contributed by atoms with Gasteiger partial charge in [-0.2, -0.15) is 0 Å². The van der Waals surface area contributed by atoms with Crippen LogP contribution < -0.4 is 0 Å². The standard InChI is InChI=1S/C22H21O2S/c1-3-24-22(23)18-12-14-20(15-13-18)25(19-9-5-4-6-10-19)21-11-7-8-17(2)16-21/h4-16H,3H2,1-2H3/q+1. The second-order valence-electron chi connectivity index (χ2n) is 5.68. The third kappa shape index (κ3) is 4.12. The molecule has 0 aromatic heterocycles. The van der Waals surface area contributed by atoms with E-state index in [4.69, 9.17) is 4.74 Å². The van der Waals surface area contributed by atoms with Crippen molar-refractivity contribution in [1.29, 1.82) is 0 Å². The van der Waals surface area contributed by atoms with E-state index in [1.807, 2.05) is 37.3 Å². The number of carbonyl (C=O) groups excluding carboxylic acids is 1. The number of hydrogen-bond donors (Lipinski definition) is 0. The Balaban J connectivity index is 2.02. The summed E-state index contributed by atoms with van der Waals surface area (Å²) >= 11 is 0. The Morgan fingerprint density at radius 1 is 0.840 bits per heavy atom. The first kappa shape index (κ1) is 17.3. The highest BCUT2D eigenvalue weighted by Crippen LogP contribution is 2.31. The molecule has 0 bridgehead atoms. The summed E-state index contributed by atoms with van der Waals surface area (Å²) in [5.41, 5.74) is 1.83. The fourth-order valence-electron chi connectivity index (χ4n) is 2.65. The number of hydrogen-bond acceptors (Lipinski definition) is 2. The molecule has 0 aliphatic rings. The maximum absolute atomic E-state index is 11.9. The molecule has 3 aromatic rings. The lowest BCUT2D eigenvalue weighted by molar-refractivity contribution is 0.0526. The summed E-state index contributed by atoms with van der Waals surface area (Å²) in [6.07, 6.45) is 0. The topological polar surface area (TPSA) is 26.3 Å². The van der Waals surface area contributed by atoms with Gasteiger partial charge >= 0.3 is 5.97 Å². The van der Waals surface area contributed by atoms with Crippen molar-refractivity contribution in [1.82, 2.24) is 0 Å². The van der Waals surface area contributed by atoms with Gasteiger partial charge in [0, 0.05) is 0 Å². The number of ether oxygens (including phenoxy) is 1. The third-order valence-corrected chi connectivity index (χ3v) is 6.02. The molecule has 0 N–H and O–H groups in total. The largest absolute Gasteiger partial charge is 0.462 e. The highest BCUT2D eigenvalue weighted by atomic mass is 32.2. The average Bonchev–Trinajstić information content (AvgIpc) is 2.64. The molecule has 0 spiro atoms. The van der Waals surface area contributed by atoms with Gasteiger partial charge in [-0.3, -0.25) is 0 Å². The summed E-state index contributed by atoms with van der Waals surface area (Å²) in [7, 11) is -0.202. The molecule has 0 aliphatic carbocycles. The number of rotatable bonds is 5. The summed E-state index contributed by atoms with van der Waals surface area (Å²) in [6.45, 7) is 4.31. The minimum Gasteiger partial charge on any atom is -0.462 e. The molecule has 0 saturated carbocycles. The van der Waals surface area contributed by atoms with Crippen LogP contribution in [0.3, 0.4) is 0 Å². The molecule has 0 aliphatic heterocycles. The number of esters is 1. The second kappa shape index (κ2) is 8.04. The Labute approximate surface area is 151 Å². The van der Waals surface area contributed by atoms with Gasteiger partial charge in [-0.1, -0.05) is 30.3 Å². The van der Waals surface area contributed by atoms with Crippen molar-refractivity contribution in [2.75, 3.05) is 6.61 Å². The van der Waals surface area contributed by atoms with E-state index in [0.29, 0.717) is 12.2 Å². The Bertz CT molecular complexity index is 841. The minimum absolute atomic E-state index is 0.202. The van der Waals surface area contributed by atoms with Crippen LogP contribution in [0.15, 0.2) is 93.5 Å². The monoisotopic (exact) mass is 349 g/mol. The number of aryl methyl sites for hydroxylation is 1. The molecule has 2 nitrogen and oxygen atoms in total. The third-order valence-electron chi connectivity index (χ3n) is 3.81. The molecule has 25 heavy (non-hydrogen) atoms. The van der Waals surface area contributed by atoms with Gasteiger partial charge < -0.3 is 4.74 Å². The van der Waals surface area contributed by atoms with Gasteiger partial charge in [-0.05, 0) is 67.9 Å². The smallest absolute Gasteiger partial charge is 0.338 e. The number of carbonyl (C=O) groups is 1. The van der Waals surface area contributed by atoms with Gasteiger partial charge in [0.25, 0.3) is 0 Å². The molecule has 0 fully saturated rings. The van der Waals surface area contributed by atoms with Crippen molar-refractivity contribution in [2.24, 2.45) is 0 Å². The molecule has 126 valence electrons. The minimum atomic E-state index is -0.274. The predicted octanol–water partition coefficient (Wildman–Crippen LogP) is 5.27. The fourth-order valence-corrected chi connectivity index (χ4v) is 4.82. The molecule has 0 amide bonds. The summed E-state index contributed by atoms with van der Waals surface area (Å²) in [5, 5.41) is 0. The zero-order valence-corrected chi connectivity index (χ0v) is 15.3. The highest BCUT2D eigenvalue weighted by molar-refractivity contribution is 7.97. The first-order valence-corrected chi connectivity index (χ1v) is 9.54. The summed E-state index contributed by atoms with van der Waals surface area (Å²) in [4.78, 5) is 15.6. The normalized spacial score (nSPS) is 11.8. The van der Waals surface area contributed by atoms with E-state index in [-0.39, 0.29) is 16.9 Å². The van der Waals surface area contributed by atoms with Gasteiger partial charge in [0.15, 0.2) is 14.7 Å². The van der Waals surface area contributed by atoms with Crippen LogP contribution >= 0.6 is 0 Å². The maximum atomic E-state index is 11.9. The van der Waals surface area contributed by atoms with E-state index in [9.17, 15) is 4.79 Å². The van der Waals surface area contributed by atoms with Gasteiger partial charge in [-0.15, -0.1) is 0 Å². The van der Waals surface area contributed by atoms with Gasteiger partial charge in [0.2, 0.25) is 0 Å². The Hall–Kier alpha value is -2.52. The maximum Gasteiger partial charge on any atom is 0.338 e. The SMILES string of the molecule is CCOC(=O)c1ccc([S+](c2ccccc2)c2cccc(C)c2)cc1. The number of benzene rings is 3. The van der Waals surface area contributed by atoms with Gasteiger partial charge in [0.05, 0.1) is 23.1 Å². The van der Waals surface area contributed by atoms with Gasteiger partial charge in [0.1, 0.15) is 0 Å². The zero-order valence-electron chi connectivity index (χ0n) is 14.4. The summed E-state index contributed by atoms with van der Waals surface area (Å²) in [6, 6.07) is 26.9. The molecule has 1 unspecified atom stereocenters. The van der Waals surface area contributed by atoms with Crippen molar-refractivity contribution in [3.8, 4) is 0 Å². The highest BCUT2D eigenvalue weighted by Gasteiger charge is 2.28. The molecule has 3 heteroatoms. The van der Waals surface area contributed by atoms with Crippen molar-refractivity contribution in [2.45, 2.75) is 28.5 Å². The van der Waals surface area contributed by atoms with E-state index < -0.39 is 0 Å². The van der Waals surface area contributed by atoms with E-state index in [2.05, 4.69) is 55.5 Å². The van der Waals surface area contributed by atoms with Crippen molar-refractivity contribution in [3.05, 3.63) is 90.0 Å². The van der Waals surface area contributed by atoms with Crippen LogP contribution in [-0.4, -0.2) is 12.6 Å². The van der Waals surface area contributed by atoms with E-state index >= 15 is 0 Å². The van der Waals surface area contributed by atoms with E-state index in [0.717, 1.165) is 0 Å². The molecule has 0 heterocycles.